The molecule has 0 spiro atoms. The first kappa shape index (κ1) is 12.8. The predicted molar refractivity (Wildman–Crippen MR) is 71.5 cm³/mol. The summed E-state index contributed by atoms with van der Waals surface area (Å²) in [5.74, 6) is 0.202. The molecule has 0 bridgehead atoms. The third-order valence-electron chi connectivity index (χ3n) is 2.06. The number of imidazole rings is 1. The van der Waals surface area contributed by atoms with Gasteiger partial charge >= 0.3 is 10.2 Å². The molecule has 1 aromatic heterocycles. The van der Waals surface area contributed by atoms with Crippen molar-refractivity contribution in [1.29, 1.82) is 0 Å². The molecule has 0 atom stereocenters. The lowest BCUT2D eigenvalue weighted by molar-refractivity contribution is 0.494. The SMILES string of the molecule is CC(C)(C)NS(=O)(=O)Nc1nc2ccccc2[nH]1. The van der Waals surface area contributed by atoms with E-state index in [-0.39, 0.29) is 5.95 Å². The molecule has 1 heterocycles. The number of nitrogens with zero attached hydrogens (tertiary/aromatic N) is 1. The van der Waals surface area contributed by atoms with Crippen LogP contribution in [0.1, 0.15) is 20.8 Å². The zero-order valence-electron chi connectivity index (χ0n) is 10.5. The lowest BCUT2D eigenvalue weighted by atomic mass is 10.1. The highest BCUT2D eigenvalue weighted by atomic mass is 32.2. The van der Waals surface area contributed by atoms with Crippen molar-refractivity contribution in [3.8, 4) is 0 Å². The summed E-state index contributed by atoms with van der Waals surface area (Å²) in [4.78, 5) is 7.04. The number of aromatic amines is 1. The second kappa shape index (κ2) is 4.25. The third-order valence-corrected chi connectivity index (χ3v) is 3.40. The number of nitrogens with one attached hydrogen (secondary N) is 3. The molecule has 0 saturated carbocycles. The van der Waals surface area contributed by atoms with E-state index in [1.807, 2.05) is 18.2 Å². The van der Waals surface area contributed by atoms with Gasteiger partial charge in [0, 0.05) is 5.54 Å². The van der Waals surface area contributed by atoms with Crippen LogP contribution in [0.2, 0.25) is 0 Å². The van der Waals surface area contributed by atoms with Crippen LogP contribution in [-0.2, 0) is 10.2 Å². The van der Waals surface area contributed by atoms with Crippen molar-refractivity contribution in [3.05, 3.63) is 24.3 Å². The molecule has 2 rings (SSSR count). The van der Waals surface area contributed by atoms with E-state index in [2.05, 4.69) is 19.4 Å². The highest BCUT2D eigenvalue weighted by molar-refractivity contribution is 7.90. The van der Waals surface area contributed by atoms with Crippen LogP contribution < -0.4 is 9.44 Å². The number of hydrogen-bond acceptors (Lipinski definition) is 3. The van der Waals surface area contributed by atoms with E-state index in [9.17, 15) is 8.42 Å². The number of anilines is 1. The average Bonchev–Trinajstić information content (AvgIpc) is 2.53. The van der Waals surface area contributed by atoms with Crippen LogP contribution in [0.3, 0.4) is 0 Å². The van der Waals surface area contributed by atoms with Crippen molar-refractivity contribution in [1.82, 2.24) is 14.7 Å². The van der Waals surface area contributed by atoms with Crippen LogP contribution in [0.4, 0.5) is 5.95 Å². The molecule has 0 aliphatic carbocycles. The number of para-hydroxylation sites is 2. The van der Waals surface area contributed by atoms with Gasteiger partial charge in [0.25, 0.3) is 0 Å². The summed E-state index contributed by atoms with van der Waals surface area (Å²) in [7, 11) is -3.63. The maximum atomic E-state index is 11.8. The summed E-state index contributed by atoms with van der Waals surface area (Å²) in [6.07, 6.45) is 0. The lowest BCUT2D eigenvalue weighted by Gasteiger charge is -2.20. The zero-order chi connectivity index (χ0) is 13.4. The Labute approximate surface area is 106 Å². The average molecular weight is 268 g/mol. The summed E-state index contributed by atoms with van der Waals surface area (Å²) in [6, 6.07) is 7.33. The zero-order valence-corrected chi connectivity index (χ0v) is 11.3. The van der Waals surface area contributed by atoms with Crippen molar-refractivity contribution in [2.24, 2.45) is 0 Å². The third kappa shape index (κ3) is 3.21. The highest BCUT2D eigenvalue weighted by Crippen LogP contribution is 2.14. The summed E-state index contributed by atoms with van der Waals surface area (Å²) >= 11 is 0. The van der Waals surface area contributed by atoms with E-state index in [4.69, 9.17) is 0 Å². The fourth-order valence-corrected chi connectivity index (χ4v) is 2.77. The van der Waals surface area contributed by atoms with Gasteiger partial charge in [0.1, 0.15) is 0 Å². The van der Waals surface area contributed by atoms with Crippen LogP contribution in [-0.4, -0.2) is 23.9 Å². The number of aromatic nitrogens is 2. The van der Waals surface area contributed by atoms with Gasteiger partial charge in [-0.3, -0.25) is 0 Å². The van der Waals surface area contributed by atoms with E-state index in [1.54, 1.807) is 26.8 Å². The standard InChI is InChI=1S/C11H16N4O2S/c1-11(2,3)15-18(16,17)14-10-12-8-6-4-5-7-9(8)13-10/h4-7,15H,1-3H3,(H2,12,13,14). The van der Waals surface area contributed by atoms with Gasteiger partial charge in [0.2, 0.25) is 5.95 Å². The van der Waals surface area contributed by atoms with Gasteiger partial charge in [-0.1, -0.05) is 12.1 Å². The van der Waals surface area contributed by atoms with Crippen molar-refractivity contribution in [2.75, 3.05) is 4.72 Å². The molecule has 2 aromatic rings. The molecule has 0 radical (unpaired) electrons. The van der Waals surface area contributed by atoms with E-state index < -0.39 is 15.7 Å². The quantitative estimate of drug-likeness (QED) is 0.790. The van der Waals surface area contributed by atoms with Gasteiger partial charge in [0.15, 0.2) is 0 Å². The van der Waals surface area contributed by atoms with Crippen LogP contribution in [0.5, 0.6) is 0 Å². The van der Waals surface area contributed by atoms with Crippen molar-refractivity contribution in [2.45, 2.75) is 26.3 Å². The lowest BCUT2D eigenvalue weighted by Crippen LogP contribution is -2.43. The molecule has 0 aliphatic rings. The number of benzene rings is 1. The Morgan fingerprint density at radius 1 is 1.22 bits per heavy atom. The molecule has 0 amide bonds. The van der Waals surface area contributed by atoms with Crippen LogP contribution in [0, 0.1) is 0 Å². The smallest absolute Gasteiger partial charge is 0.301 e. The molecule has 0 unspecified atom stereocenters. The minimum absolute atomic E-state index is 0.202. The van der Waals surface area contributed by atoms with Crippen LogP contribution in [0.25, 0.3) is 11.0 Å². The molecule has 98 valence electrons. The number of H-pyrrole nitrogens is 1. The topological polar surface area (TPSA) is 86.9 Å². The molecular weight excluding hydrogens is 252 g/mol. The van der Waals surface area contributed by atoms with Gasteiger partial charge in [-0.05, 0) is 32.9 Å². The Kier molecular flexibility index (Phi) is 3.04. The summed E-state index contributed by atoms with van der Waals surface area (Å²) in [5.41, 5.74) is 0.953. The van der Waals surface area contributed by atoms with Gasteiger partial charge in [0.05, 0.1) is 11.0 Å². The van der Waals surface area contributed by atoms with Crippen LogP contribution >= 0.6 is 0 Å². The van der Waals surface area contributed by atoms with Crippen molar-refractivity contribution >= 4 is 27.2 Å². The minimum atomic E-state index is -3.63. The second-order valence-electron chi connectivity index (χ2n) is 5.06. The molecule has 3 N–H and O–H groups in total. The Balaban J connectivity index is 2.23. The first-order chi connectivity index (χ1) is 8.25. The number of rotatable bonds is 3. The fourth-order valence-electron chi connectivity index (χ4n) is 1.56. The monoisotopic (exact) mass is 268 g/mol. The van der Waals surface area contributed by atoms with Gasteiger partial charge in [-0.15, -0.1) is 0 Å². The molecular formula is C11H16N4O2S. The van der Waals surface area contributed by atoms with E-state index >= 15 is 0 Å². The minimum Gasteiger partial charge on any atom is -0.323 e. The fraction of sp³-hybridized carbons (Fsp3) is 0.364. The van der Waals surface area contributed by atoms with Crippen LogP contribution in [0.15, 0.2) is 24.3 Å². The van der Waals surface area contributed by atoms with E-state index in [0.717, 1.165) is 5.52 Å². The molecule has 1 aromatic carbocycles. The van der Waals surface area contributed by atoms with Gasteiger partial charge in [-0.25, -0.2) is 9.71 Å². The Morgan fingerprint density at radius 2 is 1.89 bits per heavy atom. The first-order valence-corrected chi connectivity index (χ1v) is 7.00. The molecule has 18 heavy (non-hydrogen) atoms. The largest absolute Gasteiger partial charge is 0.323 e. The first-order valence-electron chi connectivity index (χ1n) is 5.52. The summed E-state index contributed by atoms with van der Waals surface area (Å²) in [5, 5.41) is 0. The highest BCUT2D eigenvalue weighted by Gasteiger charge is 2.20. The van der Waals surface area contributed by atoms with Crippen molar-refractivity contribution < 1.29 is 8.42 Å². The van der Waals surface area contributed by atoms with Crippen molar-refractivity contribution in [3.63, 3.8) is 0 Å². The number of hydrogen-bond donors (Lipinski definition) is 3. The molecule has 7 heteroatoms. The molecule has 0 aliphatic heterocycles. The second-order valence-corrected chi connectivity index (χ2v) is 6.48. The van der Waals surface area contributed by atoms with Gasteiger partial charge < -0.3 is 4.98 Å². The van der Waals surface area contributed by atoms with Gasteiger partial charge in [-0.2, -0.15) is 13.1 Å². The summed E-state index contributed by atoms with van der Waals surface area (Å²) < 4.78 is 28.5. The maximum Gasteiger partial charge on any atom is 0.301 e. The Bertz CT molecular complexity index is 622. The predicted octanol–water partition coefficient (Wildman–Crippen LogP) is 1.61. The maximum absolute atomic E-state index is 11.8. The Morgan fingerprint density at radius 3 is 2.50 bits per heavy atom. The summed E-state index contributed by atoms with van der Waals surface area (Å²) in [6.45, 7) is 5.31. The normalized spacial score (nSPS) is 12.8. The van der Waals surface area contributed by atoms with E-state index in [0.29, 0.717) is 5.52 Å². The Hall–Kier alpha value is -1.60. The molecule has 0 saturated heterocycles. The molecule has 0 fully saturated rings. The molecule has 6 nitrogen and oxygen atoms in total. The number of fused-ring (bicyclic) bond motifs is 1. The van der Waals surface area contributed by atoms with E-state index in [1.165, 1.54) is 0 Å².